The predicted octanol–water partition coefficient (Wildman–Crippen LogP) is 4.17. The Morgan fingerprint density at radius 2 is 1.96 bits per heavy atom. The Kier molecular flexibility index (Phi) is 7.91. The van der Waals surface area contributed by atoms with Gasteiger partial charge in [-0.2, -0.15) is 0 Å². The van der Waals surface area contributed by atoms with Crippen molar-refractivity contribution in [1.29, 1.82) is 0 Å². The second-order valence-corrected chi connectivity index (χ2v) is 7.73. The maximum absolute atomic E-state index is 12.4. The Morgan fingerprint density at radius 3 is 2.63 bits per heavy atom. The van der Waals surface area contributed by atoms with Gasteiger partial charge < -0.3 is 5.32 Å². The van der Waals surface area contributed by atoms with Crippen molar-refractivity contribution in [3.05, 3.63) is 29.8 Å². The number of nitrogens with zero attached hydrogens (tertiary/aromatic N) is 2. The molecular formula is C20H28N4O2S. The molecule has 0 bridgehead atoms. The zero-order valence-electron chi connectivity index (χ0n) is 16.4. The molecular weight excluding hydrogens is 360 g/mol. The van der Waals surface area contributed by atoms with Crippen LogP contribution in [0.5, 0.6) is 0 Å². The van der Waals surface area contributed by atoms with Gasteiger partial charge in [0, 0.05) is 11.5 Å². The Labute approximate surface area is 164 Å². The van der Waals surface area contributed by atoms with Crippen LogP contribution in [0.3, 0.4) is 0 Å². The first-order valence-corrected chi connectivity index (χ1v) is 10.3. The van der Waals surface area contributed by atoms with Crippen LogP contribution in [0.4, 0.5) is 5.13 Å². The molecule has 1 aromatic carbocycles. The number of nitrogens with one attached hydrogen (secondary N) is 2. The SMILES string of the molecule is CCCC[C@@H](CC)C(=O)N[C@@H](C)C(=O)Nc1nnc(-c2cccc(C)c2)s1. The number of amides is 2. The highest BCUT2D eigenvalue weighted by atomic mass is 32.1. The van der Waals surface area contributed by atoms with E-state index in [1.165, 1.54) is 11.3 Å². The van der Waals surface area contributed by atoms with Crippen molar-refractivity contribution in [3.8, 4) is 10.6 Å². The predicted molar refractivity (Wildman–Crippen MR) is 110 cm³/mol. The third-order valence-electron chi connectivity index (χ3n) is 4.44. The molecule has 0 aliphatic carbocycles. The second-order valence-electron chi connectivity index (χ2n) is 6.75. The summed E-state index contributed by atoms with van der Waals surface area (Å²) < 4.78 is 0. The van der Waals surface area contributed by atoms with Gasteiger partial charge in [0.1, 0.15) is 11.0 Å². The van der Waals surface area contributed by atoms with Crippen molar-refractivity contribution in [1.82, 2.24) is 15.5 Å². The molecule has 2 rings (SSSR count). The van der Waals surface area contributed by atoms with Gasteiger partial charge in [-0.1, -0.05) is 61.8 Å². The molecule has 0 aliphatic heterocycles. The van der Waals surface area contributed by atoms with E-state index in [0.29, 0.717) is 5.13 Å². The molecule has 7 heteroatoms. The second kappa shape index (κ2) is 10.2. The van der Waals surface area contributed by atoms with Crippen LogP contribution in [0.1, 0.15) is 52.0 Å². The molecule has 0 saturated carbocycles. The summed E-state index contributed by atoms with van der Waals surface area (Å²) in [5.74, 6) is -0.401. The number of aryl methyl sites for hydroxylation is 1. The van der Waals surface area contributed by atoms with Gasteiger partial charge in [-0.15, -0.1) is 10.2 Å². The lowest BCUT2D eigenvalue weighted by Crippen LogP contribution is -2.44. The highest BCUT2D eigenvalue weighted by Crippen LogP contribution is 2.26. The Morgan fingerprint density at radius 1 is 1.19 bits per heavy atom. The summed E-state index contributed by atoms with van der Waals surface area (Å²) in [6, 6.07) is 7.34. The van der Waals surface area contributed by atoms with Gasteiger partial charge in [-0.3, -0.25) is 14.9 Å². The minimum atomic E-state index is -0.625. The van der Waals surface area contributed by atoms with Crippen molar-refractivity contribution in [2.45, 2.75) is 59.4 Å². The van der Waals surface area contributed by atoms with Crippen molar-refractivity contribution in [2.24, 2.45) is 5.92 Å². The van der Waals surface area contributed by atoms with Crippen LogP contribution in [-0.4, -0.2) is 28.1 Å². The average Bonchev–Trinajstić information content (AvgIpc) is 3.10. The molecule has 6 nitrogen and oxygen atoms in total. The molecule has 2 amide bonds. The maximum atomic E-state index is 12.4. The minimum Gasteiger partial charge on any atom is -0.344 e. The fourth-order valence-electron chi connectivity index (χ4n) is 2.75. The third-order valence-corrected chi connectivity index (χ3v) is 5.33. The molecule has 0 spiro atoms. The van der Waals surface area contributed by atoms with Gasteiger partial charge in [0.05, 0.1) is 0 Å². The summed E-state index contributed by atoms with van der Waals surface area (Å²) in [4.78, 5) is 24.7. The number of anilines is 1. The molecule has 0 saturated heterocycles. The zero-order valence-corrected chi connectivity index (χ0v) is 17.2. The van der Waals surface area contributed by atoms with Gasteiger partial charge in [-0.25, -0.2) is 0 Å². The zero-order chi connectivity index (χ0) is 19.8. The van der Waals surface area contributed by atoms with Crippen LogP contribution in [-0.2, 0) is 9.59 Å². The fraction of sp³-hybridized carbons (Fsp3) is 0.500. The number of aromatic nitrogens is 2. The highest BCUT2D eigenvalue weighted by Gasteiger charge is 2.22. The molecule has 2 aromatic rings. The van der Waals surface area contributed by atoms with Crippen molar-refractivity contribution < 1.29 is 9.59 Å². The minimum absolute atomic E-state index is 0.0466. The quantitative estimate of drug-likeness (QED) is 0.675. The number of rotatable bonds is 9. The van der Waals surface area contributed by atoms with E-state index < -0.39 is 6.04 Å². The smallest absolute Gasteiger partial charge is 0.248 e. The van der Waals surface area contributed by atoms with Crippen LogP contribution in [0.25, 0.3) is 10.6 Å². The Bertz CT molecular complexity index is 775. The number of benzene rings is 1. The summed E-state index contributed by atoms with van der Waals surface area (Å²) in [5.41, 5.74) is 2.11. The van der Waals surface area contributed by atoms with Crippen molar-refractivity contribution in [2.75, 3.05) is 5.32 Å². The van der Waals surface area contributed by atoms with Crippen molar-refractivity contribution in [3.63, 3.8) is 0 Å². The lowest BCUT2D eigenvalue weighted by molar-refractivity contribution is -0.129. The van der Waals surface area contributed by atoms with E-state index in [-0.39, 0.29) is 17.7 Å². The van der Waals surface area contributed by atoms with E-state index >= 15 is 0 Å². The summed E-state index contributed by atoms with van der Waals surface area (Å²) in [6.45, 7) is 7.80. The van der Waals surface area contributed by atoms with E-state index in [2.05, 4.69) is 27.8 Å². The first-order valence-electron chi connectivity index (χ1n) is 9.46. The number of carbonyl (C=O) groups excluding carboxylic acids is 2. The van der Waals surface area contributed by atoms with E-state index in [1.54, 1.807) is 6.92 Å². The fourth-order valence-corrected chi connectivity index (χ4v) is 3.49. The van der Waals surface area contributed by atoms with Crippen LogP contribution in [0.15, 0.2) is 24.3 Å². The molecule has 146 valence electrons. The van der Waals surface area contributed by atoms with E-state index in [0.717, 1.165) is 41.8 Å². The average molecular weight is 389 g/mol. The molecule has 2 N–H and O–H groups in total. The van der Waals surface area contributed by atoms with Gasteiger partial charge in [-0.05, 0) is 32.8 Å². The lowest BCUT2D eigenvalue weighted by Gasteiger charge is -2.18. The van der Waals surface area contributed by atoms with E-state index in [9.17, 15) is 9.59 Å². The summed E-state index contributed by atoms with van der Waals surface area (Å²) in [6.07, 6.45) is 3.69. The van der Waals surface area contributed by atoms with Gasteiger partial charge in [0.2, 0.25) is 16.9 Å². The van der Waals surface area contributed by atoms with Gasteiger partial charge >= 0.3 is 0 Å². The molecule has 1 aromatic heterocycles. The number of carbonyl (C=O) groups is 2. The van der Waals surface area contributed by atoms with Crippen LogP contribution >= 0.6 is 11.3 Å². The number of unbranched alkanes of at least 4 members (excludes halogenated alkanes) is 1. The molecule has 0 fully saturated rings. The van der Waals surface area contributed by atoms with Gasteiger partial charge in [0.25, 0.3) is 0 Å². The maximum Gasteiger partial charge on any atom is 0.248 e. The summed E-state index contributed by atoms with van der Waals surface area (Å²) in [7, 11) is 0. The molecule has 0 unspecified atom stereocenters. The van der Waals surface area contributed by atoms with E-state index in [1.807, 2.05) is 38.1 Å². The molecule has 1 heterocycles. The summed E-state index contributed by atoms with van der Waals surface area (Å²) >= 11 is 1.31. The number of hydrogen-bond acceptors (Lipinski definition) is 5. The number of hydrogen-bond donors (Lipinski definition) is 2. The van der Waals surface area contributed by atoms with Crippen LogP contribution in [0.2, 0.25) is 0 Å². The summed E-state index contributed by atoms with van der Waals surface area (Å²) in [5, 5.41) is 14.9. The highest BCUT2D eigenvalue weighted by molar-refractivity contribution is 7.18. The molecule has 2 atom stereocenters. The topological polar surface area (TPSA) is 84.0 Å². The Hall–Kier alpha value is -2.28. The molecule has 0 aliphatic rings. The van der Waals surface area contributed by atoms with Crippen LogP contribution < -0.4 is 10.6 Å². The molecule has 0 radical (unpaired) electrons. The first-order chi connectivity index (χ1) is 12.9. The normalized spacial score (nSPS) is 13.0. The first kappa shape index (κ1) is 21.0. The lowest BCUT2D eigenvalue weighted by atomic mass is 9.98. The third kappa shape index (κ3) is 6.13. The van der Waals surface area contributed by atoms with Gasteiger partial charge in [0.15, 0.2) is 0 Å². The standard InChI is InChI=1S/C20H28N4O2S/c1-5-7-10-15(6-2)18(26)21-14(4)17(25)22-20-24-23-19(27-20)16-11-8-9-13(3)12-16/h8-9,11-12,14-15H,5-7,10H2,1-4H3,(H,21,26)(H,22,24,25)/t14-,15+/m0/s1. The monoisotopic (exact) mass is 388 g/mol. The van der Waals surface area contributed by atoms with Crippen molar-refractivity contribution >= 4 is 28.3 Å². The van der Waals surface area contributed by atoms with Crippen LogP contribution in [0, 0.1) is 12.8 Å². The molecule has 27 heavy (non-hydrogen) atoms. The van der Waals surface area contributed by atoms with E-state index in [4.69, 9.17) is 0 Å². The largest absolute Gasteiger partial charge is 0.344 e. The Balaban J connectivity index is 1.93.